The maximum Gasteiger partial charge on any atom is 0.192 e. The van der Waals surface area contributed by atoms with Gasteiger partial charge in [-0.25, -0.2) is 0 Å². The number of ether oxygens (including phenoxy) is 1. The molecule has 0 aliphatic rings. The number of thioether (sulfide) groups is 1. The molecule has 0 bridgehead atoms. The Morgan fingerprint density at radius 1 is 1.30 bits per heavy atom. The molecule has 0 N–H and O–H groups in total. The molecule has 0 atom stereocenters. The minimum absolute atomic E-state index is 0.545. The highest BCUT2D eigenvalue weighted by Crippen LogP contribution is 2.30. The van der Waals surface area contributed by atoms with Crippen LogP contribution in [0.1, 0.15) is 11.1 Å². The summed E-state index contributed by atoms with van der Waals surface area (Å²) >= 11 is 7.81. The first-order valence-corrected chi connectivity index (χ1v) is 9.52. The smallest absolute Gasteiger partial charge is 0.192 e. The van der Waals surface area contributed by atoms with Gasteiger partial charge < -0.3 is 4.74 Å². The molecule has 3 aromatic rings. The van der Waals surface area contributed by atoms with Crippen molar-refractivity contribution in [2.45, 2.75) is 17.5 Å². The first-order chi connectivity index (χ1) is 13.2. The number of methoxy groups -OCH3 is 1. The number of nitrogens with zero attached hydrogens (tertiary/aromatic N) is 4. The van der Waals surface area contributed by atoms with Crippen LogP contribution in [0.5, 0.6) is 5.75 Å². The zero-order valence-corrected chi connectivity index (χ0v) is 16.3. The monoisotopic (exact) mass is 396 g/mol. The summed E-state index contributed by atoms with van der Waals surface area (Å²) in [7, 11) is 1.64. The Morgan fingerprint density at radius 3 is 2.85 bits per heavy atom. The number of benzene rings is 2. The largest absolute Gasteiger partial charge is 0.497 e. The maximum absolute atomic E-state index is 8.95. The lowest BCUT2D eigenvalue weighted by Crippen LogP contribution is -2.01. The van der Waals surface area contributed by atoms with Gasteiger partial charge in [0.05, 0.1) is 18.7 Å². The highest BCUT2D eigenvalue weighted by molar-refractivity contribution is 7.98. The van der Waals surface area contributed by atoms with E-state index >= 15 is 0 Å². The molecular weight excluding hydrogens is 380 g/mol. The van der Waals surface area contributed by atoms with Gasteiger partial charge in [-0.2, -0.15) is 5.26 Å². The number of allylic oxidation sites excluding steroid dienone is 1. The second-order valence-corrected chi connectivity index (χ2v) is 6.99. The van der Waals surface area contributed by atoms with Crippen molar-refractivity contribution < 1.29 is 4.74 Å². The van der Waals surface area contributed by atoms with Crippen LogP contribution in [-0.4, -0.2) is 21.9 Å². The van der Waals surface area contributed by atoms with Crippen LogP contribution < -0.4 is 4.74 Å². The number of rotatable bonds is 7. The second kappa shape index (κ2) is 8.76. The van der Waals surface area contributed by atoms with E-state index in [4.69, 9.17) is 21.6 Å². The molecule has 3 rings (SSSR count). The number of hydrogen-bond acceptors (Lipinski definition) is 5. The van der Waals surface area contributed by atoms with E-state index in [0.717, 1.165) is 27.9 Å². The fraction of sp³-hybridized carbons (Fsp3) is 0.150. The standard InChI is InChI=1S/C20H17ClN4OS/c1-3-9-25-19(15-5-4-6-17(11-15)26-2)23-24-20(25)27-13-16-8-7-14(12-22)10-18(16)21/h3-8,10-11H,1,9,13H2,2H3. The van der Waals surface area contributed by atoms with Crippen molar-refractivity contribution in [1.82, 2.24) is 14.8 Å². The summed E-state index contributed by atoms with van der Waals surface area (Å²) < 4.78 is 7.30. The first-order valence-electron chi connectivity index (χ1n) is 8.16. The van der Waals surface area contributed by atoms with E-state index in [2.05, 4.69) is 22.8 Å². The average molecular weight is 397 g/mol. The molecule has 1 heterocycles. The van der Waals surface area contributed by atoms with Crippen LogP contribution in [0.4, 0.5) is 0 Å². The molecule has 0 radical (unpaired) electrons. The van der Waals surface area contributed by atoms with Gasteiger partial charge in [0, 0.05) is 22.9 Å². The Balaban J connectivity index is 1.87. The third-order valence-electron chi connectivity index (χ3n) is 3.90. The van der Waals surface area contributed by atoms with Crippen LogP contribution in [0.15, 0.2) is 60.3 Å². The highest BCUT2D eigenvalue weighted by Gasteiger charge is 2.15. The van der Waals surface area contributed by atoms with Gasteiger partial charge in [0.2, 0.25) is 0 Å². The Bertz CT molecular complexity index is 1010. The summed E-state index contributed by atoms with van der Waals surface area (Å²) in [6.07, 6.45) is 1.81. The van der Waals surface area contributed by atoms with Gasteiger partial charge in [-0.1, -0.05) is 47.6 Å². The van der Waals surface area contributed by atoms with Crippen LogP contribution >= 0.6 is 23.4 Å². The van der Waals surface area contributed by atoms with E-state index in [9.17, 15) is 0 Å². The Kier molecular flexibility index (Phi) is 6.17. The van der Waals surface area contributed by atoms with Gasteiger partial charge in [0.25, 0.3) is 0 Å². The van der Waals surface area contributed by atoms with Crippen molar-refractivity contribution in [2.75, 3.05) is 7.11 Å². The summed E-state index contributed by atoms with van der Waals surface area (Å²) in [6.45, 7) is 4.42. The van der Waals surface area contributed by atoms with E-state index in [-0.39, 0.29) is 0 Å². The topological polar surface area (TPSA) is 63.7 Å². The molecule has 27 heavy (non-hydrogen) atoms. The minimum Gasteiger partial charge on any atom is -0.497 e. The summed E-state index contributed by atoms with van der Waals surface area (Å²) in [5, 5.41) is 19.0. The SMILES string of the molecule is C=CCn1c(SCc2ccc(C#N)cc2Cl)nnc1-c1cccc(OC)c1. The summed E-state index contributed by atoms with van der Waals surface area (Å²) in [6, 6.07) is 15.1. The van der Waals surface area contributed by atoms with Crippen LogP contribution in [0.25, 0.3) is 11.4 Å². The molecule has 0 aliphatic carbocycles. The van der Waals surface area contributed by atoms with E-state index in [1.54, 1.807) is 19.2 Å². The zero-order valence-electron chi connectivity index (χ0n) is 14.7. The lowest BCUT2D eigenvalue weighted by Gasteiger charge is -2.09. The van der Waals surface area contributed by atoms with Crippen LogP contribution in [0.3, 0.4) is 0 Å². The number of nitriles is 1. The van der Waals surface area contributed by atoms with Gasteiger partial charge in [0.15, 0.2) is 11.0 Å². The number of halogens is 1. The van der Waals surface area contributed by atoms with Crippen molar-refractivity contribution in [2.24, 2.45) is 0 Å². The second-order valence-electron chi connectivity index (χ2n) is 5.64. The van der Waals surface area contributed by atoms with Gasteiger partial charge in [-0.15, -0.1) is 16.8 Å². The van der Waals surface area contributed by atoms with Crippen LogP contribution in [0.2, 0.25) is 5.02 Å². The number of hydrogen-bond donors (Lipinski definition) is 0. The normalized spacial score (nSPS) is 10.4. The molecule has 136 valence electrons. The van der Waals surface area contributed by atoms with E-state index in [0.29, 0.717) is 22.9 Å². The Labute approximate surface area is 167 Å². The molecule has 0 unspecified atom stereocenters. The van der Waals surface area contributed by atoms with E-state index in [1.807, 2.05) is 41.0 Å². The maximum atomic E-state index is 8.95. The summed E-state index contributed by atoms with van der Waals surface area (Å²) in [5.41, 5.74) is 2.41. The van der Waals surface area contributed by atoms with Gasteiger partial charge in [-0.3, -0.25) is 4.57 Å². The van der Waals surface area contributed by atoms with Crippen molar-refractivity contribution in [1.29, 1.82) is 5.26 Å². The minimum atomic E-state index is 0.545. The van der Waals surface area contributed by atoms with Crippen LogP contribution in [0, 0.1) is 11.3 Å². The lowest BCUT2D eigenvalue weighted by molar-refractivity contribution is 0.415. The molecule has 0 saturated heterocycles. The predicted molar refractivity (Wildman–Crippen MR) is 108 cm³/mol. The fourth-order valence-corrected chi connectivity index (χ4v) is 3.82. The highest BCUT2D eigenvalue weighted by atomic mass is 35.5. The third kappa shape index (κ3) is 4.33. The molecule has 0 spiro atoms. The molecule has 0 aliphatic heterocycles. The Morgan fingerprint density at radius 2 is 2.15 bits per heavy atom. The quantitative estimate of drug-likeness (QED) is 0.417. The average Bonchev–Trinajstić information content (AvgIpc) is 3.10. The van der Waals surface area contributed by atoms with E-state index in [1.165, 1.54) is 11.8 Å². The molecule has 0 amide bonds. The van der Waals surface area contributed by atoms with Crippen molar-refractivity contribution in [3.05, 3.63) is 71.3 Å². The van der Waals surface area contributed by atoms with Gasteiger partial charge in [0.1, 0.15) is 5.75 Å². The summed E-state index contributed by atoms with van der Waals surface area (Å²) in [5.74, 6) is 2.14. The molecule has 2 aromatic carbocycles. The zero-order chi connectivity index (χ0) is 19.2. The molecule has 0 fully saturated rings. The Hall–Kier alpha value is -2.75. The third-order valence-corrected chi connectivity index (χ3v) is 5.26. The van der Waals surface area contributed by atoms with Gasteiger partial charge in [-0.05, 0) is 29.8 Å². The molecular formula is C20H17ClN4OS. The van der Waals surface area contributed by atoms with Crippen molar-refractivity contribution in [3.8, 4) is 23.2 Å². The predicted octanol–water partition coefficient (Wildman–Crippen LogP) is 4.96. The summed E-state index contributed by atoms with van der Waals surface area (Å²) in [4.78, 5) is 0. The lowest BCUT2D eigenvalue weighted by atomic mass is 10.2. The number of aromatic nitrogens is 3. The molecule has 7 heteroatoms. The molecule has 0 saturated carbocycles. The first kappa shape index (κ1) is 19.0. The molecule has 5 nitrogen and oxygen atoms in total. The molecule has 1 aromatic heterocycles. The van der Waals surface area contributed by atoms with Crippen LogP contribution in [-0.2, 0) is 12.3 Å². The van der Waals surface area contributed by atoms with Gasteiger partial charge >= 0.3 is 0 Å². The van der Waals surface area contributed by atoms with E-state index < -0.39 is 0 Å². The van der Waals surface area contributed by atoms with Crippen molar-refractivity contribution in [3.63, 3.8) is 0 Å². The fourth-order valence-electron chi connectivity index (χ4n) is 2.54. The van der Waals surface area contributed by atoms with Crippen molar-refractivity contribution >= 4 is 23.4 Å².